The smallest absolute Gasteiger partial charge is 0.360 e. The average molecular weight is 370 g/mol. The quantitative estimate of drug-likeness (QED) is 0.420. The summed E-state index contributed by atoms with van der Waals surface area (Å²) in [6.07, 6.45) is 0. The maximum Gasteiger partial charge on any atom is 0.360 e. The number of carbonyl (C=O) groups excluding carboxylic acids is 2. The fourth-order valence-corrected chi connectivity index (χ4v) is 3.04. The van der Waals surface area contributed by atoms with Gasteiger partial charge in [0.1, 0.15) is 11.4 Å². The normalized spacial score (nSPS) is 10.6. The van der Waals surface area contributed by atoms with Crippen LogP contribution in [0, 0.1) is 0 Å². The second-order valence-corrected chi connectivity index (χ2v) is 6.38. The van der Waals surface area contributed by atoms with E-state index in [-0.39, 0.29) is 5.91 Å². The van der Waals surface area contributed by atoms with Crippen molar-refractivity contribution in [3.63, 3.8) is 0 Å². The van der Waals surface area contributed by atoms with Crippen LogP contribution in [0.5, 0.6) is 5.75 Å². The summed E-state index contributed by atoms with van der Waals surface area (Å²) in [6.45, 7) is 0. The van der Waals surface area contributed by atoms with Crippen molar-refractivity contribution in [2.24, 2.45) is 7.05 Å². The highest BCUT2D eigenvalue weighted by Gasteiger charge is 2.15. The van der Waals surface area contributed by atoms with Crippen LogP contribution in [0.25, 0.3) is 10.9 Å². The Hall–Kier alpha value is -3.86. The number of carbonyl (C=O) groups is 2. The van der Waals surface area contributed by atoms with E-state index in [9.17, 15) is 9.59 Å². The number of rotatable bonds is 4. The number of benzene rings is 3. The molecule has 0 saturated carbocycles. The van der Waals surface area contributed by atoms with Gasteiger partial charge in [0.25, 0.3) is 5.91 Å². The lowest BCUT2D eigenvalue weighted by Gasteiger charge is -2.08. The first-order valence-electron chi connectivity index (χ1n) is 8.85. The van der Waals surface area contributed by atoms with Crippen molar-refractivity contribution in [1.82, 2.24) is 4.57 Å². The second kappa shape index (κ2) is 7.40. The highest BCUT2D eigenvalue weighted by molar-refractivity contribution is 6.04. The molecule has 3 aromatic carbocycles. The minimum absolute atomic E-state index is 0.194. The van der Waals surface area contributed by atoms with E-state index in [0.717, 1.165) is 10.9 Å². The second-order valence-electron chi connectivity index (χ2n) is 6.38. The molecule has 4 rings (SSSR count). The van der Waals surface area contributed by atoms with E-state index < -0.39 is 5.97 Å². The summed E-state index contributed by atoms with van der Waals surface area (Å²) in [5, 5.41) is 3.80. The minimum atomic E-state index is -0.431. The number of nitrogens with zero attached hydrogens (tertiary/aromatic N) is 1. The van der Waals surface area contributed by atoms with E-state index in [1.54, 1.807) is 36.4 Å². The average Bonchev–Trinajstić information content (AvgIpc) is 3.07. The van der Waals surface area contributed by atoms with E-state index in [2.05, 4.69) is 5.32 Å². The summed E-state index contributed by atoms with van der Waals surface area (Å²) in [4.78, 5) is 24.7. The molecule has 5 heteroatoms. The third-order valence-electron chi connectivity index (χ3n) is 4.52. The van der Waals surface area contributed by atoms with Gasteiger partial charge in [0, 0.05) is 29.2 Å². The van der Waals surface area contributed by atoms with Gasteiger partial charge in [-0.05, 0) is 48.5 Å². The Labute approximate surface area is 162 Å². The topological polar surface area (TPSA) is 60.3 Å². The third kappa shape index (κ3) is 3.50. The Kier molecular flexibility index (Phi) is 4.64. The first kappa shape index (κ1) is 17.5. The lowest BCUT2D eigenvalue weighted by atomic mass is 10.2. The number of anilines is 1. The number of nitrogens with one attached hydrogen (secondary N) is 1. The maximum absolute atomic E-state index is 12.5. The van der Waals surface area contributed by atoms with E-state index in [1.807, 2.05) is 60.1 Å². The van der Waals surface area contributed by atoms with Gasteiger partial charge in [-0.1, -0.05) is 36.4 Å². The first-order valence-corrected chi connectivity index (χ1v) is 8.85. The Morgan fingerprint density at radius 1 is 0.857 bits per heavy atom. The standard InChI is InChI=1S/C23H18N2O3/c1-25-20-10-6-5-9-17(20)15-21(25)23(27)28-19-13-11-18(12-14-19)24-22(26)16-7-3-2-4-8-16/h2-15H,1H3,(H,24,26). The van der Waals surface area contributed by atoms with Crippen LogP contribution in [0.2, 0.25) is 0 Å². The summed E-state index contributed by atoms with van der Waals surface area (Å²) in [6, 6.07) is 25.3. The van der Waals surface area contributed by atoms with Gasteiger partial charge < -0.3 is 14.6 Å². The molecule has 0 radical (unpaired) electrons. The molecular weight excluding hydrogens is 352 g/mol. The number of fused-ring (bicyclic) bond motifs is 1. The molecule has 1 heterocycles. The van der Waals surface area contributed by atoms with Crippen molar-refractivity contribution in [3.8, 4) is 5.75 Å². The molecule has 4 aromatic rings. The Bertz CT molecular complexity index is 1150. The van der Waals surface area contributed by atoms with Gasteiger partial charge in [0.2, 0.25) is 0 Å². The summed E-state index contributed by atoms with van der Waals surface area (Å²) in [5.41, 5.74) is 2.64. The monoisotopic (exact) mass is 370 g/mol. The number of esters is 1. The number of hydrogen-bond donors (Lipinski definition) is 1. The van der Waals surface area contributed by atoms with Gasteiger partial charge in [0.15, 0.2) is 0 Å². The van der Waals surface area contributed by atoms with Crippen LogP contribution in [-0.4, -0.2) is 16.4 Å². The third-order valence-corrected chi connectivity index (χ3v) is 4.52. The fourth-order valence-electron chi connectivity index (χ4n) is 3.04. The summed E-state index contributed by atoms with van der Waals surface area (Å²) < 4.78 is 7.29. The Morgan fingerprint density at radius 3 is 2.25 bits per heavy atom. The molecule has 0 aliphatic heterocycles. The molecule has 1 N–H and O–H groups in total. The Morgan fingerprint density at radius 2 is 1.54 bits per heavy atom. The number of aryl methyl sites for hydroxylation is 1. The van der Waals surface area contributed by atoms with Crippen molar-refractivity contribution in [2.45, 2.75) is 0 Å². The van der Waals surface area contributed by atoms with Crippen LogP contribution in [0.3, 0.4) is 0 Å². The molecule has 0 fully saturated rings. The number of amides is 1. The van der Waals surface area contributed by atoms with E-state index in [1.165, 1.54) is 0 Å². The summed E-state index contributed by atoms with van der Waals surface area (Å²) in [7, 11) is 1.83. The van der Waals surface area contributed by atoms with Crippen LogP contribution in [-0.2, 0) is 7.05 Å². The molecule has 0 spiro atoms. The fraction of sp³-hybridized carbons (Fsp3) is 0.0435. The molecule has 1 aromatic heterocycles. The maximum atomic E-state index is 12.5. The summed E-state index contributed by atoms with van der Waals surface area (Å²) in [5.74, 6) is -0.214. The van der Waals surface area contributed by atoms with Crippen LogP contribution in [0.4, 0.5) is 5.69 Å². The molecule has 0 atom stereocenters. The largest absolute Gasteiger partial charge is 0.422 e. The van der Waals surface area contributed by atoms with Gasteiger partial charge in [-0.25, -0.2) is 4.79 Å². The zero-order valence-electron chi connectivity index (χ0n) is 15.3. The predicted molar refractivity (Wildman–Crippen MR) is 109 cm³/mol. The SMILES string of the molecule is Cn1c(C(=O)Oc2ccc(NC(=O)c3ccccc3)cc2)cc2ccccc21. The van der Waals surface area contributed by atoms with Gasteiger partial charge >= 0.3 is 5.97 Å². The zero-order valence-corrected chi connectivity index (χ0v) is 15.3. The number of para-hydroxylation sites is 1. The number of aromatic nitrogens is 1. The van der Waals surface area contributed by atoms with Gasteiger partial charge in [0.05, 0.1) is 0 Å². The van der Waals surface area contributed by atoms with Crippen molar-refractivity contribution in [3.05, 3.63) is 96.2 Å². The lowest BCUT2D eigenvalue weighted by molar-refractivity contribution is 0.0725. The molecular formula is C23H18N2O3. The van der Waals surface area contributed by atoms with E-state index >= 15 is 0 Å². The minimum Gasteiger partial charge on any atom is -0.422 e. The van der Waals surface area contributed by atoms with Crippen LogP contribution < -0.4 is 10.1 Å². The predicted octanol–water partition coefficient (Wildman–Crippen LogP) is 4.65. The van der Waals surface area contributed by atoms with Crippen LogP contribution in [0.1, 0.15) is 20.8 Å². The molecule has 0 bridgehead atoms. The van der Waals surface area contributed by atoms with Crippen molar-refractivity contribution >= 4 is 28.5 Å². The number of ether oxygens (including phenoxy) is 1. The van der Waals surface area contributed by atoms with Gasteiger partial charge in [-0.3, -0.25) is 4.79 Å². The van der Waals surface area contributed by atoms with Crippen molar-refractivity contribution in [1.29, 1.82) is 0 Å². The van der Waals surface area contributed by atoms with Crippen LogP contribution in [0.15, 0.2) is 84.9 Å². The molecule has 0 aliphatic carbocycles. The molecule has 1 amide bonds. The first-order chi connectivity index (χ1) is 13.6. The lowest BCUT2D eigenvalue weighted by Crippen LogP contribution is -2.13. The highest BCUT2D eigenvalue weighted by Crippen LogP contribution is 2.21. The van der Waals surface area contributed by atoms with Crippen molar-refractivity contribution < 1.29 is 14.3 Å². The van der Waals surface area contributed by atoms with E-state index in [0.29, 0.717) is 22.7 Å². The molecule has 0 saturated heterocycles. The molecule has 0 aliphatic rings. The number of hydrogen-bond acceptors (Lipinski definition) is 3. The molecule has 0 unspecified atom stereocenters. The molecule has 138 valence electrons. The van der Waals surface area contributed by atoms with E-state index in [4.69, 9.17) is 4.74 Å². The van der Waals surface area contributed by atoms with Crippen LogP contribution >= 0.6 is 0 Å². The zero-order chi connectivity index (χ0) is 19.5. The molecule has 5 nitrogen and oxygen atoms in total. The Balaban J connectivity index is 1.46. The van der Waals surface area contributed by atoms with Gasteiger partial charge in [-0.15, -0.1) is 0 Å². The highest BCUT2D eigenvalue weighted by atomic mass is 16.5. The molecule has 28 heavy (non-hydrogen) atoms. The van der Waals surface area contributed by atoms with Gasteiger partial charge in [-0.2, -0.15) is 0 Å². The summed E-state index contributed by atoms with van der Waals surface area (Å²) >= 11 is 0. The van der Waals surface area contributed by atoms with Crippen molar-refractivity contribution in [2.75, 3.05) is 5.32 Å².